The Kier molecular flexibility index (Phi) is 7.17. The van der Waals surface area contributed by atoms with Gasteiger partial charge in [-0.15, -0.1) is 0 Å². The van der Waals surface area contributed by atoms with Gasteiger partial charge in [0.1, 0.15) is 11.5 Å². The first-order chi connectivity index (χ1) is 14.8. The fourth-order valence-corrected chi connectivity index (χ4v) is 3.70. The van der Waals surface area contributed by atoms with E-state index in [0.717, 1.165) is 0 Å². The zero-order chi connectivity index (χ0) is 22.5. The Morgan fingerprint density at radius 1 is 1.10 bits per heavy atom. The summed E-state index contributed by atoms with van der Waals surface area (Å²) in [6, 6.07) is 9.75. The molecule has 31 heavy (non-hydrogen) atoms. The SMILES string of the molecule is CCCN(C(=O)c1cc(C(C)C)c(O)cc1O)c1cccc(C(=O)N2CCOCC2)c1. The number of amides is 2. The first kappa shape index (κ1) is 22.6. The highest BCUT2D eigenvalue weighted by Crippen LogP contribution is 2.33. The lowest BCUT2D eigenvalue weighted by atomic mass is 9.98. The fourth-order valence-electron chi connectivity index (χ4n) is 3.70. The molecule has 2 N–H and O–H groups in total. The highest BCUT2D eigenvalue weighted by Gasteiger charge is 2.24. The summed E-state index contributed by atoms with van der Waals surface area (Å²) in [4.78, 5) is 29.6. The summed E-state index contributed by atoms with van der Waals surface area (Å²) in [6.45, 7) is 8.31. The monoisotopic (exact) mass is 426 g/mol. The third-order valence-corrected chi connectivity index (χ3v) is 5.39. The molecule has 166 valence electrons. The molecule has 7 nitrogen and oxygen atoms in total. The molecule has 3 rings (SSSR count). The van der Waals surface area contributed by atoms with Gasteiger partial charge in [-0.3, -0.25) is 9.59 Å². The Bertz CT molecular complexity index is 951. The summed E-state index contributed by atoms with van der Waals surface area (Å²) in [5.74, 6) is -0.792. The Balaban J connectivity index is 1.94. The minimum atomic E-state index is -0.378. The summed E-state index contributed by atoms with van der Waals surface area (Å²) < 4.78 is 5.32. The molecule has 0 saturated carbocycles. The normalized spacial score (nSPS) is 14.0. The van der Waals surface area contributed by atoms with Crippen LogP contribution in [0.4, 0.5) is 5.69 Å². The van der Waals surface area contributed by atoms with Crippen LogP contribution < -0.4 is 4.90 Å². The van der Waals surface area contributed by atoms with Crippen molar-refractivity contribution in [1.29, 1.82) is 0 Å². The van der Waals surface area contributed by atoms with E-state index < -0.39 is 0 Å². The molecule has 1 fully saturated rings. The topological polar surface area (TPSA) is 90.3 Å². The van der Waals surface area contributed by atoms with E-state index in [0.29, 0.717) is 56.1 Å². The van der Waals surface area contributed by atoms with Crippen molar-refractivity contribution in [2.45, 2.75) is 33.1 Å². The Labute approximate surface area is 182 Å². The largest absolute Gasteiger partial charge is 0.508 e. The van der Waals surface area contributed by atoms with Crippen LogP contribution in [0.2, 0.25) is 0 Å². The zero-order valence-corrected chi connectivity index (χ0v) is 18.3. The summed E-state index contributed by atoms with van der Waals surface area (Å²) >= 11 is 0. The zero-order valence-electron chi connectivity index (χ0n) is 18.3. The molecule has 0 unspecified atom stereocenters. The summed E-state index contributed by atoms with van der Waals surface area (Å²) in [5, 5.41) is 20.5. The third kappa shape index (κ3) is 4.99. The number of phenolic OH excluding ortho intramolecular Hbond substituents is 2. The maximum atomic E-state index is 13.4. The minimum absolute atomic E-state index is 0.0127. The van der Waals surface area contributed by atoms with Crippen molar-refractivity contribution >= 4 is 17.5 Å². The average Bonchev–Trinajstić information content (AvgIpc) is 2.77. The Morgan fingerprint density at radius 3 is 2.45 bits per heavy atom. The van der Waals surface area contributed by atoms with Crippen LogP contribution in [-0.2, 0) is 4.74 Å². The number of carbonyl (C=O) groups is 2. The number of anilines is 1. The van der Waals surface area contributed by atoms with Crippen molar-refractivity contribution in [2.24, 2.45) is 0 Å². The van der Waals surface area contributed by atoms with E-state index in [1.165, 1.54) is 6.07 Å². The predicted molar refractivity (Wildman–Crippen MR) is 119 cm³/mol. The molecule has 0 aliphatic carbocycles. The second kappa shape index (κ2) is 9.83. The highest BCUT2D eigenvalue weighted by atomic mass is 16.5. The molecule has 0 atom stereocenters. The molecule has 2 aromatic rings. The molecule has 2 aromatic carbocycles. The molecule has 0 aromatic heterocycles. The van der Waals surface area contributed by atoms with Crippen LogP contribution in [0.3, 0.4) is 0 Å². The molecule has 1 aliphatic heterocycles. The lowest BCUT2D eigenvalue weighted by Crippen LogP contribution is -2.40. The van der Waals surface area contributed by atoms with Gasteiger partial charge >= 0.3 is 0 Å². The maximum Gasteiger partial charge on any atom is 0.262 e. The quantitative estimate of drug-likeness (QED) is 0.734. The summed E-state index contributed by atoms with van der Waals surface area (Å²) in [7, 11) is 0. The van der Waals surface area contributed by atoms with E-state index in [1.54, 1.807) is 40.1 Å². The number of benzene rings is 2. The molecule has 2 amide bonds. The second-order valence-corrected chi connectivity index (χ2v) is 7.99. The molecular formula is C24H30N2O5. The molecule has 7 heteroatoms. The van der Waals surface area contributed by atoms with Gasteiger partial charge in [0, 0.05) is 37.0 Å². The van der Waals surface area contributed by atoms with Gasteiger partial charge in [-0.2, -0.15) is 0 Å². The average molecular weight is 427 g/mol. The number of morpholine rings is 1. The fraction of sp³-hybridized carbons (Fsp3) is 0.417. The summed E-state index contributed by atoms with van der Waals surface area (Å²) in [5.41, 5.74) is 1.81. The van der Waals surface area contributed by atoms with Gasteiger partial charge in [0.05, 0.1) is 18.8 Å². The van der Waals surface area contributed by atoms with Crippen LogP contribution in [0.1, 0.15) is 59.4 Å². The van der Waals surface area contributed by atoms with Crippen molar-refractivity contribution in [1.82, 2.24) is 4.90 Å². The molecule has 1 heterocycles. The number of nitrogens with zero attached hydrogens (tertiary/aromatic N) is 2. The minimum Gasteiger partial charge on any atom is -0.508 e. The summed E-state index contributed by atoms with van der Waals surface area (Å²) in [6.07, 6.45) is 0.698. The van der Waals surface area contributed by atoms with Crippen LogP contribution in [0.5, 0.6) is 11.5 Å². The van der Waals surface area contributed by atoms with Crippen LogP contribution >= 0.6 is 0 Å². The first-order valence-corrected chi connectivity index (χ1v) is 10.7. The lowest BCUT2D eigenvalue weighted by molar-refractivity contribution is 0.0303. The predicted octanol–water partition coefficient (Wildman–Crippen LogP) is 3.75. The highest BCUT2D eigenvalue weighted by molar-refractivity contribution is 6.08. The number of ether oxygens (including phenoxy) is 1. The smallest absolute Gasteiger partial charge is 0.262 e. The number of hydrogen-bond acceptors (Lipinski definition) is 5. The van der Waals surface area contributed by atoms with E-state index in [-0.39, 0.29) is 34.8 Å². The molecule has 1 saturated heterocycles. The molecule has 0 bridgehead atoms. The van der Waals surface area contributed by atoms with E-state index in [1.807, 2.05) is 20.8 Å². The van der Waals surface area contributed by atoms with Crippen molar-refractivity contribution in [2.75, 3.05) is 37.7 Å². The van der Waals surface area contributed by atoms with Crippen LogP contribution in [-0.4, -0.2) is 59.8 Å². The van der Waals surface area contributed by atoms with Crippen LogP contribution in [0, 0.1) is 0 Å². The first-order valence-electron chi connectivity index (χ1n) is 10.7. The van der Waals surface area contributed by atoms with Crippen molar-refractivity contribution in [3.05, 3.63) is 53.1 Å². The number of carbonyl (C=O) groups excluding carboxylic acids is 2. The standard InChI is InChI=1S/C24H30N2O5/c1-4-8-26(24(30)20-14-19(16(2)3)21(27)15-22(20)28)18-7-5-6-17(13-18)23(29)25-9-11-31-12-10-25/h5-7,13-16,27-28H,4,8-12H2,1-3H3. The Hall–Kier alpha value is -3.06. The van der Waals surface area contributed by atoms with Gasteiger partial charge in [0.15, 0.2) is 0 Å². The molecule has 0 radical (unpaired) electrons. The van der Waals surface area contributed by atoms with Gasteiger partial charge < -0.3 is 24.7 Å². The Morgan fingerprint density at radius 2 is 1.81 bits per heavy atom. The van der Waals surface area contributed by atoms with Crippen LogP contribution in [0.15, 0.2) is 36.4 Å². The van der Waals surface area contributed by atoms with E-state index in [4.69, 9.17) is 4.74 Å². The lowest BCUT2D eigenvalue weighted by Gasteiger charge is -2.28. The van der Waals surface area contributed by atoms with Gasteiger partial charge in [-0.25, -0.2) is 0 Å². The molecule has 0 spiro atoms. The van der Waals surface area contributed by atoms with Crippen molar-refractivity contribution in [3.63, 3.8) is 0 Å². The van der Waals surface area contributed by atoms with Crippen molar-refractivity contribution in [3.8, 4) is 11.5 Å². The number of aromatic hydroxyl groups is 2. The molecule has 1 aliphatic rings. The number of rotatable bonds is 6. The molecular weight excluding hydrogens is 396 g/mol. The maximum absolute atomic E-state index is 13.4. The van der Waals surface area contributed by atoms with Gasteiger partial charge in [0.25, 0.3) is 11.8 Å². The number of phenols is 2. The second-order valence-electron chi connectivity index (χ2n) is 7.99. The van der Waals surface area contributed by atoms with Crippen molar-refractivity contribution < 1.29 is 24.5 Å². The van der Waals surface area contributed by atoms with E-state index >= 15 is 0 Å². The van der Waals surface area contributed by atoms with E-state index in [2.05, 4.69) is 0 Å². The van der Waals surface area contributed by atoms with Gasteiger partial charge in [0.2, 0.25) is 0 Å². The van der Waals surface area contributed by atoms with E-state index in [9.17, 15) is 19.8 Å². The van der Waals surface area contributed by atoms with Gasteiger partial charge in [-0.1, -0.05) is 26.8 Å². The van der Waals surface area contributed by atoms with Gasteiger partial charge in [-0.05, 0) is 42.2 Å². The number of hydrogen-bond donors (Lipinski definition) is 2. The van der Waals surface area contributed by atoms with Crippen LogP contribution in [0.25, 0.3) is 0 Å². The third-order valence-electron chi connectivity index (χ3n) is 5.39.